The van der Waals surface area contributed by atoms with Crippen LogP contribution in [0.4, 0.5) is 5.69 Å². The van der Waals surface area contributed by atoms with Crippen molar-refractivity contribution < 1.29 is 9.53 Å². The number of rotatable bonds is 3. The first-order valence-electron chi connectivity index (χ1n) is 5.23. The number of anilines is 1. The highest BCUT2D eigenvalue weighted by Gasteiger charge is 2.11. The third kappa shape index (κ3) is 2.62. The summed E-state index contributed by atoms with van der Waals surface area (Å²) < 4.78 is 6.71. The van der Waals surface area contributed by atoms with Crippen LogP contribution in [0.3, 0.4) is 0 Å². The molecule has 5 nitrogen and oxygen atoms in total. The molecule has 0 aliphatic heterocycles. The standard InChI is InChI=1S/C12H12ClN3O2/c1-16-7-8(6-14-16)12(17)15-10-5-9(13)3-4-11(10)18-2/h3-7H,1-2H3,(H,15,17). The van der Waals surface area contributed by atoms with Crippen LogP contribution < -0.4 is 10.1 Å². The van der Waals surface area contributed by atoms with Crippen LogP contribution in [0, 0.1) is 0 Å². The fourth-order valence-corrected chi connectivity index (χ4v) is 1.68. The Balaban J connectivity index is 2.23. The van der Waals surface area contributed by atoms with Gasteiger partial charge in [-0.05, 0) is 18.2 Å². The van der Waals surface area contributed by atoms with Gasteiger partial charge < -0.3 is 10.1 Å². The van der Waals surface area contributed by atoms with Crippen LogP contribution in [-0.4, -0.2) is 22.8 Å². The molecule has 0 unspecified atom stereocenters. The van der Waals surface area contributed by atoms with E-state index in [0.29, 0.717) is 22.0 Å². The van der Waals surface area contributed by atoms with Crippen LogP contribution in [0.2, 0.25) is 5.02 Å². The van der Waals surface area contributed by atoms with Crippen molar-refractivity contribution in [3.63, 3.8) is 0 Å². The van der Waals surface area contributed by atoms with E-state index in [4.69, 9.17) is 16.3 Å². The van der Waals surface area contributed by atoms with Crippen molar-refractivity contribution in [2.24, 2.45) is 7.05 Å². The van der Waals surface area contributed by atoms with Gasteiger partial charge in [0.05, 0.1) is 24.6 Å². The number of hydrogen-bond donors (Lipinski definition) is 1. The van der Waals surface area contributed by atoms with Crippen molar-refractivity contribution >= 4 is 23.2 Å². The number of aryl methyl sites for hydroxylation is 1. The highest BCUT2D eigenvalue weighted by Crippen LogP contribution is 2.27. The summed E-state index contributed by atoms with van der Waals surface area (Å²) in [6, 6.07) is 5.02. The molecule has 1 amide bonds. The maximum absolute atomic E-state index is 11.9. The first-order valence-corrected chi connectivity index (χ1v) is 5.61. The Hall–Kier alpha value is -2.01. The van der Waals surface area contributed by atoms with E-state index in [2.05, 4.69) is 10.4 Å². The average molecular weight is 266 g/mol. The second-order valence-electron chi connectivity index (χ2n) is 3.70. The fraction of sp³-hybridized carbons (Fsp3) is 0.167. The van der Waals surface area contributed by atoms with Gasteiger partial charge >= 0.3 is 0 Å². The fourth-order valence-electron chi connectivity index (χ4n) is 1.51. The van der Waals surface area contributed by atoms with Crippen molar-refractivity contribution in [2.75, 3.05) is 12.4 Å². The number of carbonyl (C=O) groups is 1. The molecule has 0 fully saturated rings. The Kier molecular flexibility index (Phi) is 3.53. The first kappa shape index (κ1) is 12.4. The summed E-state index contributed by atoms with van der Waals surface area (Å²) in [7, 11) is 3.28. The third-order valence-electron chi connectivity index (χ3n) is 2.38. The normalized spacial score (nSPS) is 10.2. The number of hydrogen-bond acceptors (Lipinski definition) is 3. The van der Waals surface area contributed by atoms with Crippen LogP contribution in [0.15, 0.2) is 30.6 Å². The summed E-state index contributed by atoms with van der Waals surface area (Å²) in [6.07, 6.45) is 3.12. The second-order valence-corrected chi connectivity index (χ2v) is 4.14. The number of methoxy groups -OCH3 is 1. The summed E-state index contributed by atoms with van der Waals surface area (Å²) in [6.45, 7) is 0. The maximum atomic E-state index is 11.9. The number of amides is 1. The molecule has 18 heavy (non-hydrogen) atoms. The number of benzene rings is 1. The molecule has 0 atom stereocenters. The van der Waals surface area contributed by atoms with Crippen molar-refractivity contribution in [3.8, 4) is 5.75 Å². The van der Waals surface area contributed by atoms with E-state index in [-0.39, 0.29) is 5.91 Å². The van der Waals surface area contributed by atoms with Crippen LogP contribution in [0.5, 0.6) is 5.75 Å². The Morgan fingerprint density at radius 3 is 2.89 bits per heavy atom. The first-order chi connectivity index (χ1) is 8.60. The number of halogens is 1. The lowest BCUT2D eigenvalue weighted by atomic mass is 10.2. The van der Waals surface area contributed by atoms with Gasteiger partial charge in [-0.2, -0.15) is 5.10 Å². The van der Waals surface area contributed by atoms with Gasteiger partial charge in [-0.15, -0.1) is 0 Å². The number of aromatic nitrogens is 2. The lowest BCUT2D eigenvalue weighted by Gasteiger charge is -2.09. The van der Waals surface area contributed by atoms with Gasteiger partial charge in [-0.3, -0.25) is 9.48 Å². The van der Waals surface area contributed by atoms with Gasteiger partial charge in [-0.25, -0.2) is 0 Å². The lowest BCUT2D eigenvalue weighted by Crippen LogP contribution is -2.11. The summed E-state index contributed by atoms with van der Waals surface area (Å²) in [5, 5.41) is 7.19. The lowest BCUT2D eigenvalue weighted by molar-refractivity contribution is 0.102. The number of carbonyl (C=O) groups excluding carboxylic acids is 1. The number of ether oxygens (including phenoxy) is 1. The van der Waals surface area contributed by atoms with Crippen molar-refractivity contribution in [1.82, 2.24) is 9.78 Å². The second kappa shape index (κ2) is 5.10. The highest BCUT2D eigenvalue weighted by molar-refractivity contribution is 6.31. The maximum Gasteiger partial charge on any atom is 0.258 e. The van der Waals surface area contributed by atoms with Crippen molar-refractivity contribution in [3.05, 3.63) is 41.2 Å². The van der Waals surface area contributed by atoms with Gasteiger partial charge in [0.1, 0.15) is 5.75 Å². The number of nitrogens with zero attached hydrogens (tertiary/aromatic N) is 2. The Morgan fingerprint density at radius 1 is 1.50 bits per heavy atom. The van der Waals surface area contributed by atoms with Crippen LogP contribution >= 0.6 is 11.6 Å². The van der Waals surface area contributed by atoms with Gasteiger partial charge in [0.2, 0.25) is 0 Å². The molecular weight excluding hydrogens is 254 g/mol. The quantitative estimate of drug-likeness (QED) is 0.927. The predicted molar refractivity (Wildman–Crippen MR) is 69.2 cm³/mol. The topological polar surface area (TPSA) is 56.1 Å². The molecular formula is C12H12ClN3O2. The molecule has 0 saturated heterocycles. The highest BCUT2D eigenvalue weighted by atomic mass is 35.5. The monoisotopic (exact) mass is 265 g/mol. The molecule has 2 aromatic rings. The minimum absolute atomic E-state index is 0.260. The molecule has 0 bridgehead atoms. The molecule has 0 radical (unpaired) electrons. The van der Waals surface area contributed by atoms with E-state index in [1.807, 2.05) is 0 Å². The van der Waals surface area contributed by atoms with Gasteiger partial charge in [0.15, 0.2) is 0 Å². The van der Waals surface area contributed by atoms with E-state index in [1.165, 1.54) is 13.3 Å². The Morgan fingerprint density at radius 2 is 2.28 bits per heavy atom. The smallest absolute Gasteiger partial charge is 0.258 e. The molecule has 0 saturated carbocycles. The zero-order chi connectivity index (χ0) is 13.1. The van der Waals surface area contributed by atoms with Crippen LogP contribution in [0.25, 0.3) is 0 Å². The number of nitrogens with one attached hydrogen (secondary N) is 1. The zero-order valence-electron chi connectivity index (χ0n) is 9.98. The van der Waals surface area contributed by atoms with Gasteiger partial charge in [-0.1, -0.05) is 11.6 Å². The van der Waals surface area contributed by atoms with E-state index in [1.54, 1.807) is 36.1 Å². The minimum atomic E-state index is -0.260. The Labute approximate surface area is 109 Å². The molecule has 1 aromatic carbocycles. The van der Waals surface area contributed by atoms with Gasteiger partial charge in [0, 0.05) is 18.3 Å². The molecule has 1 aromatic heterocycles. The molecule has 2 rings (SSSR count). The molecule has 0 aliphatic carbocycles. The van der Waals surface area contributed by atoms with E-state index in [9.17, 15) is 4.79 Å². The summed E-state index contributed by atoms with van der Waals surface area (Å²) in [5.74, 6) is 0.292. The largest absolute Gasteiger partial charge is 0.495 e. The average Bonchev–Trinajstić information content (AvgIpc) is 2.76. The molecule has 1 heterocycles. The molecule has 0 spiro atoms. The van der Waals surface area contributed by atoms with Gasteiger partial charge in [0.25, 0.3) is 5.91 Å². The summed E-state index contributed by atoms with van der Waals surface area (Å²) in [5.41, 5.74) is 0.999. The summed E-state index contributed by atoms with van der Waals surface area (Å²) in [4.78, 5) is 11.9. The predicted octanol–water partition coefficient (Wildman–Crippen LogP) is 2.33. The molecule has 94 valence electrons. The van der Waals surface area contributed by atoms with E-state index < -0.39 is 0 Å². The zero-order valence-corrected chi connectivity index (χ0v) is 10.7. The third-order valence-corrected chi connectivity index (χ3v) is 2.61. The van der Waals surface area contributed by atoms with Crippen molar-refractivity contribution in [2.45, 2.75) is 0 Å². The minimum Gasteiger partial charge on any atom is -0.495 e. The summed E-state index contributed by atoms with van der Waals surface area (Å²) >= 11 is 5.88. The van der Waals surface area contributed by atoms with Crippen LogP contribution in [-0.2, 0) is 7.05 Å². The van der Waals surface area contributed by atoms with E-state index in [0.717, 1.165) is 0 Å². The van der Waals surface area contributed by atoms with Crippen molar-refractivity contribution in [1.29, 1.82) is 0 Å². The Bertz CT molecular complexity index is 580. The van der Waals surface area contributed by atoms with E-state index >= 15 is 0 Å². The molecule has 0 aliphatic rings. The SMILES string of the molecule is COc1ccc(Cl)cc1NC(=O)c1cnn(C)c1. The molecule has 1 N–H and O–H groups in total. The van der Waals surface area contributed by atoms with Crippen LogP contribution in [0.1, 0.15) is 10.4 Å². The molecule has 6 heteroatoms.